The second kappa shape index (κ2) is 7.09. The molecule has 6 nitrogen and oxygen atoms in total. The van der Waals surface area contributed by atoms with Crippen molar-refractivity contribution < 1.29 is 9.53 Å². The zero-order valence-corrected chi connectivity index (χ0v) is 14.1. The zero-order chi connectivity index (χ0) is 17.1. The lowest BCUT2D eigenvalue weighted by Gasteiger charge is -2.24. The van der Waals surface area contributed by atoms with E-state index in [-0.39, 0.29) is 11.9 Å². The summed E-state index contributed by atoms with van der Waals surface area (Å²) in [4.78, 5) is 23.3. The zero-order valence-electron chi connectivity index (χ0n) is 14.1. The Hall–Kier alpha value is -2.63. The van der Waals surface area contributed by atoms with Gasteiger partial charge in [-0.1, -0.05) is 30.3 Å². The first-order valence-corrected chi connectivity index (χ1v) is 8.85. The van der Waals surface area contributed by atoms with Crippen LogP contribution in [0.1, 0.15) is 31.2 Å². The smallest absolute Gasteiger partial charge is 0.242 e. The maximum Gasteiger partial charge on any atom is 0.242 e. The summed E-state index contributed by atoms with van der Waals surface area (Å²) in [7, 11) is 0. The number of amides is 1. The molecule has 1 saturated heterocycles. The first-order chi connectivity index (χ1) is 12.3. The maximum absolute atomic E-state index is 12.4. The third-order valence-electron chi connectivity index (χ3n) is 4.60. The number of benzene rings is 1. The molecule has 0 radical (unpaired) electrons. The molecule has 1 aliphatic heterocycles. The average molecular weight is 338 g/mol. The third-order valence-corrected chi connectivity index (χ3v) is 4.60. The van der Waals surface area contributed by atoms with Gasteiger partial charge in [0, 0.05) is 12.6 Å². The molecule has 2 heterocycles. The van der Waals surface area contributed by atoms with Gasteiger partial charge in [0.2, 0.25) is 11.8 Å². The van der Waals surface area contributed by atoms with Gasteiger partial charge in [-0.15, -0.1) is 0 Å². The number of rotatable bonds is 6. The van der Waals surface area contributed by atoms with Crippen LogP contribution in [0, 0.1) is 0 Å². The van der Waals surface area contributed by atoms with E-state index >= 15 is 0 Å². The third kappa shape index (κ3) is 3.90. The van der Waals surface area contributed by atoms with Crippen molar-refractivity contribution in [3.8, 4) is 5.88 Å². The van der Waals surface area contributed by atoms with E-state index in [1.54, 1.807) is 12.4 Å². The van der Waals surface area contributed by atoms with E-state index in [1.807, 2.05) is 35.2 Å². The monoisotopic (exact) mass is 338 g/mol. The molecule has 0 unspecified atom stereocenters. The Morgan fingerprint density at radius 2 is 2.04 bits per heavy atom. The van der Waals surface area contributed by atoms with Crippen molar-refractivity contribution in [2.45, 2.75) is 44.4 Å². The molecule has 1 saturated carbocycles. The highest BCUT2D eigenvalue weighted by Crippen LogP contribution is 2.26. The maximum atomic E-state index is 12.4. The van der Waals surface area contributed by atoms with E-state index in [9.17, 15) is 4.79 Å². The topological polar surface area (TPSA) is 67.4 Å². The number of hydrogen-bond acceptors (Lipinski definition) is 5. The number of carbonyl (C=O) groups is 1. The predicted octanol–water partition coefficient (Wildman–Crippen LogP) is 2.30. The minimum absolute atomic E-state index is 0.109. The lowest BCUT2D eigenvalue weighted by atomic mass is 10.2. The number of nitrogens with one attached hydrogen (secondary N) is 1. The minimum Gasteiger partial charge on any atom is -0.472 e. The molecule has 2 aromatic rings. The molecule has 6 heteroatoms. The van der Waals surface area contributed by atoms with Crippen LogP contribution in [0.15, 0.2) is 42.7 Å². The number of aromatic nitrogens is 2. The van der Waals surface area contributed by atoms with Crippen LogP contribution in [0.4, 0.5) is 5.82 Å². The van der Waals surface area contributed by atoms with E-state index < -0.39 is 0 Å². The summed E-state index contributed by atoms with van der Waals surface area (Å²) in [6.07, 6.45) is 7.36. The normalized spacial score (nSPS) is 19.7. The van der Waals surface area contributed by atoms with Crippen LogP contribution < -0.4 is 15.0 Å². The van der Waals surface area contributed by atoms with Crippen molar-refractivity contribution in [1.82, 2.24) is 15.3 Å². The quantitative estimate of drug-likeness (QED) is 0.875. The molecule has 2 aliphatic rings. The Labute approximate surface area is 147 Å². The van der Waals surface area contributed by atoms with E-state index in [1.165, 1.54) is 0 Å². The van der Waals surface area contributed by atoms with E-state index in [0.717, 1.165) is 37.8 Å². The van der Waals surface area contributed by atoms with Crippen LogP contribution in [-0.2, 0) is 11.4 Å². The molecule has 1 aromatic carbocycles. The van der Waals surface area contributed by atoms with Gasteiger partial charge in [0.1, 0.15) is 12.6 Å². The minimum atomic E-state index is -0.153. The van der Waals surface area contributed by atoms with Crippen molar-refractivity contribution in [1.29, 1.82) is 0 Å². The van der Waals surface area contributed by atoms with Crippen molar-refractivity contribution in [2.75, 3.05) is 11.4 Å². The van der Waals surface area contributed by atoms with Crippen LogP contribution in [-0.4, -0.2) is 34.5 Å². The molecule has 1 aliphatic carbocycles. The number of hydrogen-bond donors (Lipinski definition) is 1. The summed E-state index contributed by atoms with van der Waals surface area (Å²) < 4.78 is 5.76. The highest BCUT2D eigenvalue weighted by Gasteiger charge is 2.34. The fourth-order valence-electron chi connectivity index (χ4n) is 3.12. The molecule has 1 amide bonds. The summed E-state index contributed by atoms with van der Waals surface area (Å²) in [5.41, 5.74) is 1.08. The first kappa shape index (κ1) is 15.9. The number of nitrogens with zero attached hydrogens (tertiary/aromatic N) is 3. The molecule has 0 bridgehead atoms. The Balaban J connectivity index is 1.43. The molecule has 1 aromatic heterocycles. The van der Waals surface area contributed by atoms with Gasteiger partial charge < -0.3 is 15.0 Å². The fourth-order valence-corrected chi connectivity index (χ4v) is 3.12. The number of ether oxygens (including phenoxy) is 1. The summed E-state index contributed by atoms with van der Waals surface area (Å²) in [6, 6.07) is 10.2. The van der Waals surface area contributed by atoms with Crippen molar-refractivity contribution in [3.05, 3.63) is 48.3 Å². The lowest BCUT2D eigenvalue weighted by molar-refractivity contribution is -0.122. The van der Waals surface area contributed by atoms with E-state index in [4.69, 9.17) is 4.74 Å². The Kier molecular flexibility index (Phi) is 4.50. The molecular weight excluding hydrogens is 316 g/mol. The highest BCUT2D eigenvalue weighted by atomic mass is 16.5. The summed E-state index contributed by atoms with van der Waals surface area (Å²) in [5.74, 6) is 1.30. The standard InChI is InChI=1S/C19H22N4O2/c24-19(21-15-8-9-15)16-7-4-10-23(16)17-11-20-12-18(22-17)25-13-14-5-2-1-3-6-14/h1-3,5-6,11-12,15-16H,4,7-10,13H2,(H,21,24)/t16-/m0/s1. The van der Waals surface area contributed by atoms with Crippen LogP contribution in [0.25, 0.3) is 0 Å². The Bertz CT molecular complexity index is 733. The van der Waals surface area contributed by atoms with Gasteiger partial charge in [-0.2, -0.15) is 4.98 Å². The van der Waals surface area contributed by atoms with Gasteiger partial charge in [-0.05, 0) is 31.2 Å². The van der Waals surface area contributed by atoms with E-state index in [0.29, 0.717) is 24.3 Å². The Morgan fingerprint density at radius 1 is 1.20 bits per heavy atom. The van der Waals surface area contributed by atoms with Crippen LogP contribution in [0.5, 0.6) is 5.88 Å². The molecule has 2 fully saturated rings. The summed E-state index contributed by atoms with van der Waals surface area (Å²) in [5, 5.41) is 3.10. The SMILES string of the molecule is O=C(NC1CC1)[C@@H]1CCCN1c1cncc(OCc2ccccc2)n1. The largest absolute Gasteiger partial charge is 0.472 e. The van der Waals surface area contributed by atoms with Crippen molar-refractivity contribution in [2.24, 2.45) is 0 Å². The lowest BCUT2D eigenvalue weighted by Crippen LogP contribution is -2.44. The van der Waals surface area contributed by atoms with Crippen LogP contribution in [0.3, 0.4) is 0 Å². The second-order valence-corrected chi connectivity index (χ2v) is 6.62. The molecule has 0 spiro atoms. The molecule has 1 atom stereocenters. The molecule has 130 valence electrons. The Morgan fingerprint density at radius 3 is 2.84 bits per heavy atom. The van der Waals surface area contributed by atoms with Gasteiger partial charge in [0.05, 0.1) is 12.4 Å². The average Bonchev–Trinajstić information content (AvgIpc) is 3.32. The predicted molar refractivity (Wildman–Crippen MR) is 94.3 cm³/mol. The molecule has 25 heavy (non-hydrogen) atoms. The van der Waals surface area contributed by atoms with Crippen LogP contribution in [0.2, 0.25) is 0 Å². The van der Waals surface area contributed by atoms with Gasteiger partial charge in [0.15, 0.2) is 5.82 Å². The van der Waals surface area contributed by atoms with E-state index in [2.05, 4.69) is 15.3 Å². The van der Waals surface area contributed by atoms with Gasteiger partial charge in [0.25, 0.3) is 0 Å². The number of anilines is 1. The second-order valence-electron chi connectivity index (χ2n) is 6.62. The fraction of sp³-hybridized carbons (Fsp3) is 0.421. The van der Waals surface area contributed by atoms with Gasteiger partial charge in [-0.25, -0.2) is 0 Å². The van der Waals surface area contributed by atoms with Crippen LogP contribution >= 0.6 is 0 Å². The molecule has 1 N–H and O–H groups in total. The number of carbonyl (C=O) groups excluding carboxylic acids is 1. The highest BCUT2D eigenvalue weighted by molar-refractivity contribution is 5.86. The first-order valence-electron chi connectivity index (χ1n) is 8.85. The van der Waals surface area contributed by atoms with Crippen molar-refractivity contribution in [3.63, 3.8) is 0 Å². The van der Waals surface area contributed by atoms with Gasteiger partial charge >= 0.3 is 0 Å². The molecular formula is C19H22N4O2. The molecule has 4 rings (SSSR count). The van der Waals surface area contributed by atoms with Crippen molar-refractivity contribution >= 4 is 11.7 Å². The summed E-state index contributed by atoms with van der Waals surface area (Å²) in [6.45, 7) is 1.27. The van der Waals surface area contributed by atoms with Gasteiger partial charge in [-0.3, -0.25) is 9.78 Å². The summed E-state index contributed by atoms with van der Waals surface area (Å²) >= 11 is 0.